The maximum Gasteiger partial charge on any atom is 0.319 e. The van der Waals surface area contributed by atoms with Crippen LogP contribution in [-0.2, 0) is 16.1 Å². The molecular formula is C17H27N3O4. The van der Waals surface area contributed by atoms with Gasteiger partial charge in [0.2, 0.25) is 0 Å². The van der Waals surface area contributed by atoms with Crippen LogP contribution in [0, 0.1) is 0 Å². The first-order valence-electron chi connectivity index (χ1n) is 8.10. The first-order chi connectivity index (χ1) is 11.1. The quantitative estimate of drug-likeness (QED) is 0.781. The monoisotopic (exact) mass is 337 g/mol. The Morgan fingerprint density at radius 2 is 1.96 bits per heavy atom. The van der Waals surface area contributed by atoms with Gasteiger partial charge in [-0.25, -0.2) is 4.79 Å². The molecule has 7 nitrogen and oxygen atoms in total. The summed E-state index contributed by atoms with van der Waals surface area (Å²) in [7, 11) is 0. The summed E-state index contributed by atoms with van der Waals surface area (Å²) < 4.78 is 6.76. The SMILES string of the molecule is CCCn1cc(NC(=O)NC(C)CC(=O)OC(C)(C)C)ccc1=O. The van der Waals surface area contributed by atoms with Crippen LogP contribution in [0.25, 0.3) is 0 Å². The summed E-state index contributed by atoms with van der Waals surface area (Å²) in [4.78, 5) is 35.4. The van der Waals surface area contributed by atoms with Crippen molar-refractivity contribution in [3.05, 3.63) is 28.7 Å². The van der Waals surface area contributed by atoms with Crippen molar-refractivity contribution in [3.8, 4) is 0 Å². The van der Waals surface area contributed by atoms with Gasteiger partial charge in [-0.05, 0) is 40.2 Å². The molecule has 7 heteroatoms. The third-order valence-electron chi connectivity index (χ3n) is 2.98. The van der Waals surface area contributed by atoms with Crippen LogP contribution in [-0.4, -0.2) is 28.2 Å². The number of ether oxygens (including phenoxy) is 1. The molecule has 1 aromatic rings. The van der Waals surface area contributed by atoms with Crippen LogP contribution in [0.15, 0.2) is 23.1 Å². The van der Waals surface area contributed by atoms with Gasteiger partial charge >= 0.3 is 12.0 Å². The van der Waals surface area contributed by atoms with Crippen molar-refractivity contribution in [2.75, 3.05) is 5.32 Å². The molecule has 0 spiro atoms. The summed E-state index contributed by atoms with van der Waals surface area (Å²) in [5, 5.41) is 5.33. The second kappa shape index (κ2) is 8.52. The Morgan fingerprint density at radius 3 is 2.54 bits per heavy atom. The molecule has 2 amide bonds. The highest BCUT2D eigenvalue weighted by Gasteiger charge is 2.19. The van der Waals surface area contributed by atoms with E-state index in [4.69, 9.17) is 4.74 Å². The number of aromatic nitrogens is 1. The molecular weight excluding hydrogens is 310 g/mol. The van der Waals surface area contributed by atoms with Crippen LogP contribution in [0.1, 0.15) is 47.5 Å². The number of urea groups is 1. The Labute approximate surface area is 142 Å². The number of hydrogen-bond acceptors (Lipinski definition) is 4. The molecule has 0 saturated carbocycles. The minimum absolute atomic E-state index is 0.0834. The molecule has 1 rings (SSSR count). The highest BCUT2D eigenvalue weighted by atomic mass is 16.6. The fraction of sp³-hybridized carbons (Fsp3) is 0.588. The molecule has 1 aromatic heterocycles. The Morgan fingerprint density at radius 1 is 1.29 bits per heavy atom. The molecule has 0 bridgehead atoms. The summed E-state index contributed by atoms with van der Waals surface area (Å²) in [6.07, 6.45) is 2.51. The van der Waals surface area contributed by atoms with E-state index in [2.05, 4.69) is 10.6 Å². The Balaban J connectivity index is 2.55. The number of rotatable bonds is 6. The number of pyridine rings is 1. The molecule has 24 heavy (non-hydrogen) atoms. The molecule has 0 aliphatic heterocycles. The average molecular weight is 337 g/mol. The highest BCUT2D eigenvalue weighted by molar-refractivity contribution is 5.89. The van der Waals surface area contributed by atoms with E-state index in [1.165, 1.54) is 6.07 Å². The third kappa shape index (κ3) is 7.30. The molecule has 1 atom stereocenters. The zero-order chi connectivity index (χ0) is 18.3. The number of nitrogens with one attached hydrogen (secondary N) is 2. The van der Waals surface area contributed by atoms with Gasteiger partial charge in [-0.1, -0.05) is 6.92 Å². The summed E-state index contributed by atoms with van der Waals surface area (Å²) in [6, 6.07) is 2.15. The van der Waals surface area contributed by atoms with E-state index in [1.807, 2.05) is 6.92 Å². The van der Waals surface area contributed by atoms with Gasteiger partial charge in [0.1, 0.15) is 5.60 Å². The third-order valence-corrected chi connectivity index (χ3v) is 2.98. The lowest BCUT2D eigenvalue weighted by Crippen LogP contribution is -2.38. The highest BCUT2D eigenvalue weighted by Crippen LogP contribution is 2.09. The van der Waals surface area contributed by atoms with Gasteiger partial charge < -0.3 is 19.9 Å². The van der Waals surface area contributed by atoms with Crippen molar-refractivity contribution in [1.82, 2.24) is 9.88 Å². The number of esters is 1. The van der Waals surface area contributed by atoms with Gasteiger partial charge in [-0.15, -0.1) is 0 Å². The predicted molar refractivity (Wildman–Crippen MR) is 93.1 cm³/mol. The molecule has 134 valence electrons. The summed E-state index contributed by atoms with van der Waals surface area (Å²) in [5.74, 6) is -0.369. The molecule has 0 saturated heterocycles. The normalized spacial score (nSPS) is 12.4. The van der Waals surface area contributed by atoms with Gasteiger partial charge in [-0.3, -0.25) is 9.59 Å². The molecule has 2 N–H and O–H groups in total. The first-order valence-corrected chi connectivity index (χ1v) is 8.10. The standard InChI is InChI=1S/C17H27N3O4/c1-6-9-20-11-13(7-8-14(20)21)19-16(23)18-12(2)10-15(22)24-17(3,4)5/h7-8,11-12H,6,9-10H2,1-5H3,(H2,18,19,23). The van der Waals surface area contributed by atoms with Gasteiger partial charge in [0, 0.05) is 24.8 Å². The van der Waals surface area contributed by atoms with Crippen LogP contribution in [0.4, 0.5) is 10.5 Å². The maximum atomic E-state index is 12.0. The number of aryl methyl sites for hydroxylation is 1. The van der Waals surface area contributed by atoms with Crippen molar-refractivity contribution in [3.63, 3.8) is 0 Å². The lowest BCUT2D eigenvalue weighted by atomic mass is 10.2. The van der Waals surface area contributed by atoms with E-state index in [-0.39, 0.29) is 24.0 Å². The Hall–Kier alpha value is -2.31. The topological polar surface area (TPSA) is 89.4 Å². The zero-order valence-corrected chi connectivity index (χ0v) is 15.0. The van der Waals surface area contributed by atoms with Gasteiger partial charge in [-0.2, -0.15) is 0 Å². The van der Waals surface area contributed by atoms with Gasteiger partial charge in [0.05, 0.1) is 12.1 Å². The molecule has 0 aliphatic carbocycles. The van der Waals surface area contributed by atoms with Crippen molar-refractivity contribution in [2.24, 2.45) is 0 Å². The van der Waals surface area contributed by atoms with Gasteiger partial charge in [0.15, 0.2) is 0 Å². The van der Waals surface area contributed by atoms with Crippen molar-refractivity contribution in [2.45, 2.75) is 65.6 Å². The molecule has 0 radical (unpaired) electrons. The lowest BCUT2D eigenvalue weighted by molar-refractivity contribution is -0.155. The Bertz CT molecular complexity index is 631. The summed E-state index contributed by atoms with van der Waals surface area (Å²) in [5.41, 5.74) is -0.141. The van der Waals surface area contributed by atoms with E-state index in [1.54, 1.807) is 44.5 Å². The van der Waals surface area contributed by atoms with Crippen LogP contribution >= 0.6 is 0 Å². The van der Waals surface area contributed by atoms with Crippen LogP contribution < -0.4 is 16.2 Å². The van der Waals surface area contributed by atoms with E-state index >= 15 is 0 Å². The fourth-order valence-electron chi connectivity index (χ4n) is 2.10. The summed E-state index contributed by atoms with van der Waals surface area (Å²) in [6.45, 7) is 9.66. The number of amides is 2. The predicted octanol–water partition coefficient (Wildman–Crippen LogP) is 2.50. The van der Waals surface area contributed by atoms with E-state index in [0.717, 1.165) is 6.42 Å². The van der Waals surface area contributed by atoms with E-state index in [9.17, 15) is 14.4 Å². The smallest absolute Gasteiger partial charge is 0.319 e. The van der Waals surface area contributed by atoms with Crippen LogP contribution in [0.3, 0.4) is 0 Å². The molecule has 0 aromatic carbocycles. The first kappa shape index (κ1) is 19.7. The number of anilines is 1. The zero-order valence-electron chi connectivity index (χ0n) is 15.0. The van der Waals surface area contributed by atoms with Crippen molar-refractivity contribution < 1.29 is 14.3 Å². The van der Waals surface area contributed by atoms with Crippen molar-refractivity contribution in [1.29, 1.82) is 0 Å². The fourth-order valence-corrected chi connectivity index (χ4v) is 2.10. The Kier molecular flexibility index (Phi) is 7.00. The number of nitrogens with zero attached hydrogens (tertiary/aromatic N) is 1. The van der Waals surface area contributed by atoms with Crippen molar-refractivity contribution >= 4 is 17.7 Å². The molecule has 0 aliphatic rings. The van der Waals surface area contributed by atoms with E-state index in [0.29, 0.717) is 12.2 Å². The largest absolute Gasteiger partial charge is 0.460 e. The van der Waals surface area contributed by atoms with Gasteiger partial charge in [0.25, 0.3) is 5.56 Å². The summed E-state index contributed by atoms with van der Waals surface area (Å²) >= 11 is 0. The molecule has 1 heterocycles. The lowest BCUT2D eigenvalue weighted by Gasteiger charge is -2.21. The second-order valence-electron chi connectivity index (χ2n) is 6.74. The van der Waals surface area contributed by atoms with Crippen LogP contribution in [0.2, 0.25) is 0 Å². The maximum absolute atomic E-state index is 12.0. The second-order valence-corrected chi connectivity index (χ2v) is 6.74. The average Bonchev–Trinajstić information content (AvgIpc) is 2.40. The number of carbonyl (C=O) groups excluding carboxylic acids is 2. The molecule has 1 unspecified atom stereocenters. The number of carbonyl (C=O) groups is 2. The number of hydrogen-bond donors (Lipinski definition) is 2. The van der Waals surface area contributed by atoms with E-state index < -0.39 is 11.6 Å². The molecule has 0 fully saturated rings. The minimum Gasteiger partial charge on any atom is -0.460 e. The minimum atomic E-state index is -0.550. The van der Waals surface area contributed by atoms with Crippen LogP contribution in [0.5, 0.6) is 0 Å².